The van der Waals surface area contributed by atoms with Gasteiger partial charge >= 0.3 is 5.97 Å². The lowest BCUT2D eigenvalue weighted by molar-refractivity contribution is 0.0697. The van der Waals surface area contributed by atoms with Crippen LogP contribution in [0.1, 0.15) is 10.4 Å². The number of anilines is 2. The number of aromatic carboxylic acids is 1. The summed E-state index contributed by atoms with van der Waals surface area (Å²) in [6, 6.07) is 18.6. The fourth-order valence-electron chi connectivity index (χ4n) is 2.30. The topological polar surface area (TPSA) is 58.6 Å². The van der Waals surface area contributed by atoms with E-state index in [0.717, 1.165) is 27.9 Å². The van der Waals surface area contributed by atoms with Gasteiger partial charge in [-0.05, 0) is 59.3 Å². The number of methoxy groups -OCH3 is 1. The van der Waals surface area contributed by atoms with Crippen LogP contribution in [0.15, 0.2) is 60.7 Å². The number of carbonyl (C=O) groups is 1. The number of benzene rings is 3. The second-order valence-electron chi connectivity index (χ2n) is 4.94. The summed E-state index contributed by atoms with van der Waals surface area (Å²) in [4.78, 5) is 11.1. The highest BCUT2D eigenvalue weighted by atomic mass is 16.5. The lowest BCUT2D eigenvalue weighted by atomic mass is 10.1. The van der Waals surface area contributed by atoms with Crippen molar-refractivity contribution in [3.63, 3.8) is 0 Å². The molecule has 0 amide bonds. The lowest BCUT2D eigenvalue weighted by Crippen LogP contribution is -1.95. The van der Waals surface area contributed by atoms with Gasteiger partial charge in [0.25, 0.3) is 0 Å². The van der Waals surface area contributed by atoms with Crippen LogP contribution in [-0.2, 0) is 0 Å². The average Bonchev–Trinajstić information content (AvgIpc) is 2.55. The maximum absolute atomic E-state index is 11.1. The molecule has 0 aliphatic heterocycles. The molecule has 0 aliphatic carbocycles. The maximum Gasteiger partial charge on any atom is 0.335 e. The first kappa shape index (κ1) is 13.9. The second kappa shape index (κ2) is 5.77. The standard InChI is InChI=1S/C18H15NO3/c1-22-17-8-6-15(7-9-17)19-16-5-4-12-2-3-13(18(20)21)10-14(12)11-16/h2-11,19H,1H3,(H,20,21). The molecular formula is C18H15NO3. The number of carboxylic acids is 1. The fraction of sp³-hybridized carbons (Fsp3) is 0.0556. The highest BCUT2D eigenvalue weighted by molar-refractivity contribution is 5.95. The van der Waals surface area contributed by atoms with E-state index in [2.05, 4.69) is 5.32 Å². The normalized spacial score (nSPS) is 10.4. The van der Waals surface area contributed by atoms with Crippen LogP contribution in [0.2, 0.25) is 0 Å². The number of fused-ring (bicyclic) bond motifs is 1. The minimum Gasteiger partial charge on any atom is -0.497 e. The van der Waals surface area contributed by atoms with Gasteiger partial charge in [-0.1, -0.05) is 12.1 Å². The van der Waals surface area contributed by atoms with E-state index in [1.165, 1.54) is 0 Å². The van der Waals surface area contributed by atoms with Crippen molar-refractivity contribution in [3.05, 3.63) is 66.2 Å². The monoisotopic (exact) mass is 293 g/mol. The Balaban J connectivity index is 1.91. The molecule has 0 spiro atoms. The Kier molecular flexibility index (Phi) is 3.66. The zero-order valence-electron chi connectivity index (χ0n) is 12.0. The van der Waals surface area contributed by atoms with Crippen LogP contribution in [-0.4, -0.2) is 18.2 Å². The van der Waals surface area contributed by atoms with Crippen LogP contribution in [0.4, 0.5) is 11.4 Å². The zero-order valence-corrected chi connectivity index (χ0v) is 12.0. The van der Waals surface area contributed by atoms with Crippen LogP contribution < -0.4 is 10.1 Å². The molecule has 0 saturated carbocycles. The summed E-state index contributed by atoms with van der Waals surface area (Å²) >= 11 is 0. The Labute approximate surface area is 128 Å². The van der Waals surface area contributed by atoms with E-state index in [9.17, 15) is 4.79 Å². The number of rotatable bonds is 4. The van der Waals surface area contributed by atoms with Gasteiger partial charge in [-0.25, -0.2) is 4.79 Å². The molecule has 0 aliphatic rings. The van der Waals surface area contributed by atoms with E-state index in [4.69, 9.17) is 9.84 Å². The highest BCUT2D eigenvalue weighted by Crippen LogP contribution is 2.24. The quantitative estimate of drug-likeness (QED) is 0.753. The van der Waals surface area contributed by atoms with E-state index >= 15 is 0 Å². The van der Waals surface area contributed by atoms with Crippen molar-refractivity contribution in [3.8, 4) is 5.75 Å². The molecule has 4 nitrogen and oxygen atoms in total. The fourth-order valence-corrected chi connectivity index (χ4v) is 2.30. The van der Waals surface area contributed by atoms with Crippen LogP contribution in [0.25, 0.3) is 10.8 Å². The number of ether oxygens (including phenoxy) is 1. The Hall–Kier alpha value is -3.01. The van der Waals surface area contributed by atoms with Gasteiger partial charge in [0.15, 0.2) is 0 Å². The van der Waals surface area contributed by atoms with Gasteiger partial charge in [-0.2, -0.15) is 0 Å². The molecule has 0 fully saturated rings. The summed E-state index contributed by atoms with van der Waals surface area (Å²) in [6.45, 7) is 0. The molecule has 0 saturated heterocycles. The van der Waals surface area contributed by atoms with Gasteiger partial charge in [0.05, 0.1) is 12.7 Å². The smallest absolute Gasteiger partial charge is 0.335 e. The van der Waals surface area contributed by atoms with Crippen molar-refractivity contribution in [2.75, 3.05) is 12.4 Å². The highest BCUT2D eigenvalue weighted by Gasteiger charge is 2.04. The van der Waals surface area contributed by atoms with Gasteiger partial charge in [0, 0.05) is 11.4 Å². The molecule has 0 bridgehead atoms. The van der Waals surface area contributed by atoms with Crippen molar-refractivity contribution in [1.29, 1.82) is 0 Å². The molecule has 3 rings (SSSR count). The van der Waals surface area contributed by atoms with E-state index in [1.54, 1.807) is 19.2 Å². The summed E-state index contributed by atoms with van der Waals surface area (Å²) in [6.07, 6.45) is 0. The molecule has 4 heteroatoms. The first-order chi connectivity index (χ1) is 10.7. The summed E-state index contributed by atoms with van der Waals surface area (Å²) in [5, 5.41) is 14.3. The minimum atomic E-state index is -0.921. The lowest BCUT2D eigenvalue weighted by Gasteiger charge is -2.09. The molecule has 110 valence electrons. The molecule has 0 aromatic heterocycles. The molecule has 0 heterocycles. The Morgan fingerprint density at radius 2 is 1.59 bits per heavy atom. The van der Waals surface area contributed by atoms with Crippen molar-refractivity contribution < 1.29 is 14.6 Å². The van der Waals surface area contributed by atoms with Crippen molar-refractivity contribution >= 4 is 28.1 Å². The minimum absolute atomic E-state index is 0.286. The predicted octanol–water partition coefficient (Wildman–Crippen LogP) is 4.29. The first-order valence-corrected chi connectivity index (χ1v) is 6.84. The molecular weight excluding hydrogens is 278 g/mol. The third-order valence-electron chi connectivity index (χ3n) is 3.47. The van der Waals surface area contributed by atoms with Crippen LogP contribution in [0, 0.1) is 0 Å². The Morgan fingerprint density at radius 1 is 0.909 bits per heavy atom. The first-order valence-electron chi connectivity index (χ1n) is 6.84. The zero-order chi connectivity index (χ0) is 15.5. The van der Waals surface area contributed by atoms with Crippen LogP contribution in [0.5, 0.6) is 5.75 Å². The summed E-state index contributed by atoms with van der Waals surface area (Å²) in [5.41, 5.74) is 2.13. The number of hydrogen-bond acceptors (Lipinski definition) is 3. The van der Waals surface area contributed by atoms with E-state index in [0.29, 0.717) is 0 Å². The molecule has 0 radical (unpaired) electrons. The molecule has 3 aromatic carbocycles. The van der Waals surface area contributed by atoms with Crippen molar-refractivity contribution in [2.24, 2.45) is 0 Å². The van der Waals surface area contributed by atoms with Crippen LogP contribution in [0.3, 0.4) is 0 Å². The van der Waals surface area contributed by atoms with Gasteiger partial charge in [0.2, 0.25) is 0 Å². The average molecular weight is 293 g/mol. The van der Waals surface area contributed by atoms with E-state index < -0.39 is 5.97 Å². The molecule has 0 atom stereocenters. The SMILES string of the molecule is COc1ccc(Nc2ccc3ccc(C(=O)O)cc3c2)cc1. The van der Waals surface area contributed by atoms with Gasteiger partial charge in [0.1, 0.15) is 5.75 Å². The van der Waals surface area contributed by atoms with Gasteiger partial charge in [-0.15, -0.1) is 0 Å². The predicted molar refractivity (Wildman–Crippen MR) is 87.2 cm³/mol. The van der Waals surface area contributed by atoms with Crippen LogP contribution >= 0.6 is 0 Å². The van der Waals surface area contributed by atoms with E-state index in [1.807, 2.05) is 48.5 Å². The molecule has 2 N–H and O–H groups in total. The van der Waals surface area contributed by atoms with Gasteiger partial charge < -0.3 is 15.2 Å². The largest absolute Gasteiger partial charge is 0.497 e. The molecule has 3 aromatic rings. The summed E-state index contributed by atoms with van der Waals surface area (Å²) in [5.74, 6) is -0.120. The molecule has 22 heavy (non-hydrogen) atoms. The number of hydrogen-bond donors (Lipinski definition) is 2. The third kappa shape index (κ3) is 2.86. The summed E-state index contributed by atoms with van der Waals surface area (Å²) in [7, 11) is 1.63. The Bertz CT molecular complexity index is 825. The van der Waals surface area contributed by atoms with Crippen molar-refractivity contribution in [1.82, 2.24) is 0 Å². The number of carboxylic acid groups (broad SMARTS) is 1. The Morgan fingerprint density at radius 3 is 2.27 bits per heavy atom. The van der Waals surface area contributed by atoms with Crippen molar-refractivity contribution in [2.45, 2.75) is 0 Å². The summed E-state index contributed by atoms with van der Waals surface area (Å²) < 4.78 is 5.13. The second-order valence-corrected chi connectivity index (χ2v) is 4.94. The maximum atomic E-state index is 11.1. The number of nitrogens with one attached hydrogen (secondary N) is 1. The van der Waals surface area contributed by atoms with E-state index in [-0.39, 0.29) is 5.56 Å². The van der Waals surface area contributed by atoms with Gasteiger partial charge in [-0.3, -0.25) is 0 Å². The third-order valence-corrected chi connectivity index (χ3v) is 3.47. The molecule has 0 unspecified atom stereocenters.